The van der Waals surface area contributed by atoms with Gasteiger partial charge in [-0.2, -0.15) is 0 Å². The van der Waals surface area contributed by atoms with Crippen LogP contribution in [0.25, 0.3) is 22.6 Å². The summed E-state index contributed by atoms with van der Waals surface area (Å²) < 4.78 is 10.5. The van der Waals surface area contributed by atoms with Crippen molar-refractivity contribution in [2.24, 2.45) is 0 Å². The van der Waals surface area contributed by atoms with Crippen molar-refractivity contribution in [1.29, 1.82) is 0 Å². The maximum Gasteiger partial charge on any atom is 0.230 e. The largest absolute Gasteiger partial charge is 0.472 e. The van der Waals surface area contributed by atoms with Gasteiger partial charge in [0.1, 0.15) is 11.8 Å². The number of benzene rings is 1. The molecule has 3 heteroatoms. The number of rotatable bonds is 1. The lowest BCUT2D eigenvalue weighted by Gasteiger charge is -1.83. The van der Waals surface area contributed by atoms with E-state index < -0.39 is 0 Å². The van der Waals surface area contributed by atoms with Crippen molar-refractivity contribution in [3.05, 3.63) is 42.9 Å². The minimum Gasteiger partial charge on any atom is -0.472 e. The fraction of sp³-hybridized carbons (Fsp3) is 0. The van der Waals surface area contributed by atoms with Gasteiger partial charge in [0.05, 0.1) is 11.8 Å². The van der Waals surface area contributed by atoms with Crippen LogP contribution < -0.4 is 0 Å². The first-order valence-corrected chi connectivity index (χ1v) is 4.31. The first-order valence-electron chi connectivity index (χ1n) is 4.31. The molecule has 0 radical (unpaired) electrons. The van der Waals surface area contributed by atoms with E-state index in [9.17, 15) is 0 Å². The lowest BCUT2D eigenvalue weighted by Crippen LogP contribution is -1.69. The van der Waals surface area contributed by atoms with Crippen LogP contribution in [0.3, 0.4) is 0 Å². The molecule has 2 aromatic heterocycles. The predicted molar refractivity (Wildman–Crippen MR) is 51.7 cm³/mol. The number of fused-ring (bicyclic) bond motifs is 1. The molecule has 0 fully saturated rings. The highest BCUT2D eigenvalue weighted by atomic mass is 16.4. The van der Waals surface area contributed by atoms with Crippen LogP contribution in [0.4, 0.5) is 0 Å². The van der Waals surface area contributed by atoms with Crippen LogP contribution in [-0.4, -0.2) is 4.98 Å². The first-order chi connectivity index (χ1) is 6.93. The van der Waals surface area contributed by atoms with E-state index in [0.717, 1.165) is 16.7 Å². The smallest absolute Gasteiger partial charge is 0.230 e. The lowest BCUT2D eigenvalue weighted by atomic mass is 10.3. The normalized spacial score (nSPS) is 10.9. The van der Waals surface area contributed by atoms with E-state index in [-0.39, 0.29) is 0 Å². The second kappa shape index (κ2) is 2.73. The molecule has 0 aliphatic rings. The van der Waals surface area contributed by atoms with E-state index in [4.69, 9.17) is 8.83 Å². The zero-order valence-electron chi connectivity index (χ0n) is 7.31. The standard InChI is InChI=1S/C11H7NO2/c1-2-4-10-9(3-1)12-11(14-10)8-5-6-13-7-8/h1-7H. The van der Waals surface area contributed by atoms with Crippen LogP contribution in [0.2, 0.25) is 0 Å². The number of oxazole rings is 1. The highest BCUT2D eigenvalue weighted by molar-refractivity contribution is 5.75. The number of hydrogen-bond donors (Lipinski definition) is 0. The van der Waals surface area contributed by atoms with Crippen LogP contribution in [0.1, 0.15) is 0 Å². The summed E-state index contributed by atoms with van der Waals surface area (Å²) in [4.78, 5) is 4.33. The minimum absolute atomic E-state index is 0.597. The van der Waals surface area contributed by atoms with Crippen LogP contribution in [0.5, 0.6) is 0 Å². The van der Waals surface area contributed by atoms with Crippen molar-refractivity contribution in [2.75, 3.05) is 0 Å². The average molecular weight is 185 g/mol. The summed E-state index contributed by atoms with van der Waals surface area (Å²) in [6, 6.07) is 9.50. The van der Waals surface area contributed by atoms with Crippen LogP contribution in [0.15, 0.2) is 51.7 Å². The van der Waals surface area contributed by atoms with E-state index in [1.54, 1.807) is 12.5 Å². The fourth-order valence-electron chi connectivity index (χ4n) is 1.38. The summed E-state index contributed by atoms with van der Waals surface area (Å²) in [6.07, 6.45) is 3.22. The number of para-hydroxylation sites is 2. The second-order valence-electron chi connectivity index (χ2n) is 3.00. The van der Waals surface area contributed by atoms with E-state index in [1.165, 1.54) is 0 Å². The van der Waals surface area contributed by atoms with Gasteiger partial charge in [0, 0.05) is 0 Å². The zero-order chi connectivity index (χ0) is 9.38. The Balaban J connectivity index is 2.24. The van der Waals surface area contributed by atoms with Gasteiger partial charge in [-0.15, -0.1) is 0 Å². The van der Waals surface area contributed by atoms with Crippen LogP contribution >= 0.6 is 0 Å². The van der Waals surface area contributed by atoms with E-state index in [2.05, 4.69) is 4.98 Å². The zero-order valence-corrected chi connectivity index (χ0v) is 7.31. The molecule has 3 rings (SSSR count). The molecule has 0 aliphatic heterocycles. The fourth-order valence-corrected chi connectivity index (χ4v) is 1.38. The second-order valence-corrected chi connectivity index (χ2v) is 3.00. The van der Waals surface area contributed by atoms with Crippen molar-refractivity contribution in [1.82, 2.24) is 4.98 Å². The first kappa shape index (κ1) is 7.38. The third kappa shape index (κ3) is 1.03. The SMILES string of the molecule is c1ccc2oc(-c3ccoc3)nc2c1. The summed E-state index contributed by atoms with van der Waals surface area (Å²) in [5.41, 5.74) is 2.52. The highest BCUT2D eigenvalue weighted by Crippen LogP contribution is 2.23. The molecule has 0 spiro atoms. The molecule has 0 amide bonds. The van der Waals surface area contributed by atoms with Gasteiger partial charge in [-0.25, -0.2) is 4.98 Å². The Kier molecular flexibility index (Phi) is 1.44. The predicted octanol–water partition coefficient (Wildman–Crippen LogP) is 3.09. The molecule has 14 heavy (non-hydrogen) atoms. The monoisotopic (exact) mass is 185 g/mol. The van der Waals surface area contributed by atoms with E-state index >= 15 is 0 Å². The van der Waals surface area contributed by atoms with Crippen molar-refractivity contribution < 1.29 is 8.83 Å². The molecule has 0 atom stereocenters. The summed E-state index contributed by atoms with van der Waals surface area (Å²) in [5, 5.41) is 0. The topological polar surface area (TPSA) is 39.2 Å². The Bertz CT molecular complexity index is 518. The van der Waals surface area contributed by atoms with Gasteiger partial charge < -0.3 is 8.83 Å². The molecule has 0 saturated heterocycles. The van der Waals surface area contributed by atoms with Gasteiger partial charge in [-0.3, -0.25) is 0 Å². The number of hydrogen-bond acceptors (Lipinski definition) is 3. The van der Waals surface area contributed by atoms with Crippen molar-refractivity contribution in [3.63, 3.8) is 0 Å². The average Bonchev–Trinajstić information content (AvgIpc) is 2.86. The van der Waals surface area contributed by atoms with Crippen LogP contribution in [0, 0.1) is 0 Å². The van der Waals surface area contributed by atoms with E-state index in [1.807, 2.05) is 30.3 Å². The van der Waals surface area contributed by atoms with Gasteiger partial charge in [0.15, 0.2) is 5.58 Å². The number of nitrogens with zero attached hydrogens (tertiary/aromatic N) is 1. The quantitative estimate of drug-likeness (QED) is 0.584. The lowest BCUT2D eigenvalue weighted by molar-refractivity contribution is 0.564. The third-order valence-electron chi connectivity index (χ3n) is 2.06. The van der Waals surface area contributed by atoms with E-state index in [0.29, 0.717) is 5.89 Å². The Morgan fingerprint density at radius 2 is 2.00 bits per heavy atom. The Morgan fingerprint density at radius 1 is 1.07 bits per heavy atom. The van der Waals surface area contributed by atoms with Gasteiger partial charge in [-0.1, -0.05) is 12.1 Å². The van der Waals surface area contributed by atoms with Crippen molar-refractivity contribution in [3.8, 4) is 11.5 Å². The van der Waals surface area contributed by atoms with Crippen molar-refractivity contribution in [2.45, 2.75) is 0 Å². The Hall–Kier alpha value is -2.03. The molecule has 0 unspecified atom stereocenters. The van der Waals surface area contributed by atoms with Crippen LogP contribution in [-0.2, 0) is 0 Å². The summed E-state index contributed by atoms with van der Waals surface area (Å²) in [5.74, 6) is 0.597. The highest BCUT2D eigenvalue weighted by Gasteiger charge is 2.07. The molecule has 68 valence electrons. The number of furan rings is 1. The molecule has 3 nitrogen and oxygen atoms in total. The van der Waals surface area contributed by atoms with Gasteiger partial charge in [-0.05, 0) is 18.2 Å². The Labute approximate surface area is 80.0 Å². The summed E-state index contributed by atoms with van der Waals surface area (Å²) in [7, 11) is 0. The molecule has 0 saturated carbocycles. The molecule has 1 aromatic carbocycles. The molecule has 3 aromatic rings. The summed E-state index contributed by atoms with van der Waals surface area (Å²) in [6.45, 7) is 0. The summed E-state index contributed by atoms with van der Waals surface area (Å²) >= 11 is 0. The van der Waals surface area contributed by atoms with Crippen molar-refractivity contribution >= 4 is 11.1 Å². The maximum absolute atomic E-state index is 5.54. The molecule has 0 N–H and O–H groups in total. The molecule has 0 bridgehead atoms. The molecular formula is C11H7NO2. The van der Waals surface area contributed by atoms with Gasteiger partial charge in [0.2, 0.25) is 5.89 Å². The van der Waals surface area contributed by atoms with Gasteiger partial charge >= 0.3 is 0 Å². The molecular weight excluding hydrogens is 178 g/mol. The maximum atomic E-state index is 5.54. The molecule has 0 aliphatic carbocycles. The molecule has 2 heterocycles. The third-order valence-corrected chi connectivity index (χ3v) is 2.06. The van der Waals surface area contributed by atoms with Gasteiger partial charge in [0.25, 0.3) is 0 Å². The number of aromatic nitrogens is 1. The Morgan fingerprint density at radius 3 is 2.79 bits per heavy atom. The minimum atomic E-state index is 0.597.